The van der Waals surface area contributed by atoms with Gasteiger partial charge in [-0.05, 0) is 12.1 Å². The molecule has 8 heteroatoms. The summed E-state index contributed by atoms with van der Waals surface area (Å²) in [5.41, 5.74) is 0.381. The molecule has 0 radical (unpaired) electrons. The Kier molecular flexibility index (Phi) is 7.22. The molecule has 2 rings (SSSR count). The molecule has 0 bridgehead atoms. The summed E-state index contributed by atoms with van der Waals surface area (Å²) in [5.74, 6) is -2.85. The SMILES string of the molecule is Cl.O=C(Nc1ccccc1SC(F)F)C1CNCCO1. The maximum Gasteiger partial charge on any atom is 0.288 e. The molecule has 1 aliphatic rings. The van der Waals surface area contributed by atoms with E-state index in [1.54, 1.807) is 24.3 Å². The lowest BCUT2D eigenvalue weighted by Gasteiger charge is -2.23. The monoisotopic (exact) mass is 324 g/mol. The third kappa shape index (κ3) is 4.90. The molecule has 1 atom stereocenters. The van der Waals surface area contributed by atoms with Gasteiger partial charge in [0.1, 0.15) is 6.10 Å². The Morgan fingerprint density at radius 1 is 1.45 bits per heavy atom. The van der Waals surface area contributed by atoms with Crippen LogP contribution in [0.3, 0.4) is 0 Å². The molecule has 1 heterocycles. The summed E-state index contributed by atoms with van der Waals surface area (Å²) in [7, 11) is 0. The molecule has 0 aliphatic carbocycles. The average molecular weight is 325 g/mol. The van der Waals surface area contributed by atoms with Gasteiger partial charge in [-0.2, -0.15) is 8.78 Å². The Labute approximate surface area is 126 Å². The Hall–Kier alpha value is -0.890. The fraction of sp³-hybridized carbons (Fsp3) is 0.417. The number of carbonyl (C=O) groups is 1. The number of halogens is 3. The highest BCUT2D eigenvalue weighted by molar-refractivity contribution is 7.99. The molecular formula is C12H15ClF2N2O2S. The first-order valence-corrected chi connectivity index (χ1v) is 6.72. The van der Waals surface area contributed by atoms with Crippen molar-refractivity contribution in [2.24, 2.45) is 0 Å². The van der Waals surface area contributed by atoms with Gasteiger partial charge in [0.05, 0.1) is 12.3 Å². The Balaban J connectivity index is 0.00000200. The molecule has 4 nitrogen and oxygen atoms in total. The van der Waals surface area contributed by atoms with Crippen molar-refractivity contribution in [1.82, 2.24) is 5.32 Å². The molecule has 1 aromatic rings. The first-order chi connectivity index (χ1) is 9.16. The molecule has 1 aromatic carbocycles. The van der Waals surface area contributed by atoms with E-state index in [0.29, 0.717) is 42.0 Å². The molecule has 2 N–H and O–H groups in total. The van der Waals surface area contributed by atoms with Crippen molar-refractivity contribution < 1.29 is 18.3 Å². The van der Waals surface area contributed by atoms with E-state index in [1.807, 2.05) is 0 Å². The standard InChI is InChI=1S/C12H14F2N2O2S.ClH/c13-12(14)19-10-4-2-1-3-8(10)16-11(17)9-7-15-5-6-18-9;/h1-4,9,12,15H,5-7H2,(H,16,17);1H. The van der Waals surface area contributed by atoms with Crippen molar-refractivity contribution in [1.29, 1.82) is 0 Å². The first-order valence-electron chi connectivity index (χ1n) is 5.84. The van der Waals surface area contributed by atoms with Gasteiger partial charge >= 0.3 is 0 Å². The van der Waals surface area contributed by atoms with E-state index >= 15 is 0 Å². The highest BCUT2D eigenvalue weighted by Gasteiger charge is 2.22. The summed E-state index contributed by atoms with van der Waals surface area (Å²) >= 11 is 0.409. The van der Waals surface area contributed by atoms with Crippen LogP contribution in [0, 0.1) is 0 Å². The van der Waals surface area contributed by atoms with E-state index in [0.717, 1.165) is 0 Å². The van der Waals surface area contributed by atoms with Crippen molar-refractivity contribution >= 4 is 35.8 Å². The number of hydrogen-bond donors (Lipinski definition) is 2. The molecule has 112 valence electrons. The molecule has 0 saturated carbocycles. The van der Waals surface area contributed by atoms with Gasteiger partial charge in [-0.25, -0.2) is 0 Å². The summed E-state index contributed by atoms with van der Waals surface area (Å²) in [4.78, 5) is 12.3. The summed E-state index contributed by atoms with van der Waals surface area (Å²) in [6.07, 6.45) is -0.585. The molecule has 0 spiro atoms. The zero-order valence-electron chi connectivity index (χ0n) is 10.5. The van der Waals surface area contributed by atoms with Crippen molar-refractivity contribution in [2.75, 3.05) is 25.0 Å². The van der Waals surface area contributed by atoms with E-state index in [-0.39, 0.29) is 18.3 Å². The van der Waals surface area contributed by atoms with Gasteiger partial charge in [0.15, 0.2) is 0 Å². The lowest BCUT2D eigenvalue weighted by molar-refractivity contribution is -0.128. The number of rotatable bonds is 4. The zero-order chi connectivity index (χ0) is 13.7. The van der Waals surface area contributed by atoms with E-state index < -0.39 is 11.9 Å². The second kappa shape index (κ2) is 8.41. The fourth-order valence-corrected chi connectivity index (χ4v) is 2.31. The minimum Gasteiger partial charge on any atom is -0.366 e. The largest absolute Gasteiger partial charge is 0.366 e. The molecule has 1 unspecified atom stereocenters. The summed E-state index contributed by atoms with van der Waals surface area (Å²) in [6, 6.07) is 6.48. The second-order valence-electron chi connectivity index (χ2n) is 3.93. The summed E-state index contributed by atoms with van der Waals surface area (Å²) in [5, 5.41) is 5.66. The van der Waals surface area contributed by atoms with Crippen LogP contribution in [0.4, 0.5) is 14.5 Å². The first kappa shape index (κ1) is 17.2. The van der Waals surface area contributed by atoms with E-state index in [1.165, 1.54) is 0 Å². The average Bonchev–Trinajstić information content (AvgIpc) is 2.41. The lowest BCUT2D eigenvalue weighted by atomic mass is 10.2. The van der Waals surface area contributed by atoms with Gasteiger partial charge < -0.3 is 15.4 Å². The van der Waals surface area contributed by atoms with Gasteiger partial charge in [0.25, 0.3) is 11.7 Å². The van der Waals surface area contributed by atoms with Gasteiger partial charge in [-0.3, -0.25) is 4.79 Å². The minimum absolute atomic E-state index is 0. The second-order valence-corrected chi connectivity index (χ2v) is 4.96. The predicted molar refractivity (Wildman–Crippen MR) is 76.8 cm³/mol. The van der Waals surface area contributed by atoms with Crippen LogP contribution in [0.2, 0.25) is 0 Å². The predicted octanol–water partition coefficient (Wildman–Crippen LogP) is 2.35. The quantitative estimate of drug-likeness (QED) is 0.835. The van der Waals surface area contributed by atoms with Crippen molar-refractivity contribution in [3.05, 3.63) is 24.3 Å². The number of benzene rings is 1. The number of amides is 1. The number of nitrogens with one attached hydrogen (secondary N) is 2. The Bertz CT molecular complexity index is 445. The number of carbonyl (C=O) groups excluding carboxylic acids is 1. The third-order valence-electron chi connectivity index (χ3n) is 2.58. The van der Waals surface area contributed by atoms with Crippen LogP contribution >= 0.6 is 24.2 Å². The zero-order valence-corrected chi connectivity index (χ0v) is 12.1. The van der Waals surface area contributed by atoms with Crippen molar-refractivity contribution in [3.63, 3.8) is 0 Å². The van der Waals surface area contributed by atoms with Crippen LogP contribution in [0.25, 0.3) is 0 Å². The van der Waals surface area contributed by atoms with Crippen LogP contribution in [0.5, 0.6) is 0 Å². The number of para-hydroxylation sites is 1. The van der Waals surface area contributed by atoms with E-state index in [9.17, 15) is 13.6 Å². The molecule has 1 saturated heterocycles. The molecule has 1 fully saturated rings. The van der Waals surface area contributed by atoms with Crippen LogP contribution < -0.4 is 10.6 Å². The van der Waals surface area contributed by atoms with Gasteiger partial charge in [-0.15, -0.1) is 12.4 Å². The molecule has 1 amide bonds. The Morgan fingerprint density at radius 2 is 2.20 bits per heavy atom. The normalized spacial score (nSPS) is 18.4. The molecule has 0 aromatic heterocycles. The highest BCUT2D eigenvalue weighted by atomic mass is 35.5. The number of alkyl halides is 2. The summed E-state index contributed by atoms with van der Waals surface area (Å²) < 4.78 is 30.1. The number of ether oxygens (including phenoxy) is 1. The summed E-state index contributed by atoms with van der Waals surface area (Å²) in [6.45, 7) is 1.60. The Morgan fingerprint density at radius 3 is 2.85 bits per heavy atom. The van der Waals surface area contributed by atoms with Gasteiger partial charge in [-0.1, -0.05) is 23.9 Å². The molecular weight excluding hydrogens is 310 g/mol. The van der Waals surface area contributed by atoms with Crippen molar-refractivity contribution in [3.8, 4) is 0 Å². The highest BCUT2D eigenvalue weighted by Crippen LogP contribution is 2.31. The fourth-order valence-electron chi connectivity index (χ4n) is 1.72. The van der Waals surface area contributed by atoms with Crippen LogP contribution in [-0.4, -0.2) is 37.5 Å². The van der Waals surface area contributed by atoms with Crippen molar-refractivity contribution in [2.45, 2.75) is 16.8 Å². The number of morpholine rings is 1. The van der Waals surface area contributed by atoms with E-state index in [4.69, 9.17) is 4.74 Å². The number of thioether (sulfide) groups is 1. The topological polar surface area (TPSA) is 50.4 Å². The number of hydrogen-bond acceptors (Lipinski definition) is 4. The van der Waals surface area contributed by atoms with Gasteiger partial charge in [0, 0.05) is 18.0 Å². The smallest absolute Gasteiger partial charge is 0.288 e. The lowest BCUT2D eigenvalue weighted by Crippen LogP contribution is -2.45. The minimum atomic E-state index is -2.52. The maximum absolute atomic E-state index is 12.4. The molecule has 1 aliphatic heterocycles. The van der Waals surface area contributed by atoms with Crippen LogP contribution in [-0.2, 0) is 9.53 Å². The van der Waals surface area contributed by atoms with E-state index in [2.05, 4.69) is 10.6 Å². The number of anilines is 1. The molecule has 20 heavy (non-hydrogen) atoms. The maximum atomic E-state index is 12.4. The van der Waals surface area contributed by atoms with Gasteiger partial charge in [0.2, 0.25) is 0 Å². The third-order valence-corrected chi connectivity index (χ3v) is 3.37. The van der Waals surface area contributed by atoms with Crippen LogP contribution in [0.1, 0.15) is 0 Å². The van der Waals surface area contributed by atoms with Crippen LogP contribution in [0.15, 0.2) is 29.2 Å².